The molecule has 0 amide bonds. The van der Waals surface area contributed by atoms with Gasteiger partial charge in [-0.25, -0.2) is 8.42 Å². The Hall–Kier alpha value is -1.51. The predicted octanol–water partition coefficient (Wildman–Crippen LogP) is 1.58. The standard InChI is InChI=1S/C13H18N2O2S/c1-6-13(4,5)15-18(16,17)12-9(2)7-8-11(14)10(12)3/h1,7-8,15H,14H2,2-5H3. The van der Waals surface area contributed by atoms with Crippen LogP contribution in [0.2, 0.25) is 0 Å². The first-order valence-electron chi connectivity index (χ1n) is 5.48. The molecule has 4 nitrogen and oxygen atoms in total. The summed E-state index contributed by atoms with van der Waals surface area (Å²) >= 11 is 0. The summed E-state index contributed by atoms with van der Waals surface area (Å²) in [7, 11) is -3.69. The van der Waals surface area contributed by atoms with E-state index in [1.807, 2.05) is 0 Å². The lowest BCUT2D eigenvalue weighted by Crippen LogP contribution is -2.42. The van der Waals surface area contributed by atoms with E-state index in [2.05, 4.69) is 10.6 Å². The van der Waals surface area contributed by atoms with Crippen molar-refractivity contribution in [1.82, 2.24) is 4.72 Å². The van der Waals surface area contributed by atoms with Crippen LogP contribution in [-0.2, 0) is 10.0 Å². The molecule has 0 aliphatic heterocycles. The Morgan fingerprint density at radius 1 is 1.33 bits per heavy atom. The van der Waals surface area contributed by atoms with Gasteiger partial charge < -0.3 is 5.73 Å². The second-order valence-corrected chi connectivity index (χ2v) is 6.42. The number of anilines is 1. The Kier molecular flexibility index (Phi) is 3.75. The fourth-order valence-electron chi connectivity index (χ4n) is 1.67. The Labute approximate surface area is 109 Å². The monoisotopic (exact) mass is 266 g/mol. The first kappa shape index (κ1) is 14.6. The van der Waals surface area contributed by atoms with Gasteiger partial charge in [-0.3, -0.25) is 0 Å². The number of sulfonamides is 1. The van der Waals surface area contributed by atoms with Crippen LogP contribution in [0.4, 0.5) is 5.69 Å². The van der Waals surface area contributed by atoms with E-state index in [0.29, 0.717) is 16.8 Å². The molecular formula is C13H18N2O2S. The van der Waals surface area contributed by atoms with Crippen LogP contribution < -0.4 is 10.5 Å². The number of benzene rings is 1. The van der Waals surface area contributed by atoms with Gasteiger partial charge in [-0.1, -0.05) is 12.0 Å². The highest BCUT2D eigenvalue weighted by Crippen LogP contribution is 2.25. The summed E-state index contributed by atoms with van der Waals surface area (Å²) in [4.78, 5) is 0.200. The highest BCUT2D eigenvalue weighted by Gasteiger charge is 2.27. The molecule has 0 unspecified atom stereocenters. The van der Waals surface area contributed by atoms with E-state index in [1.165, 1.54) is 0 Å². The summed E-state index contributed by atoms with van der Waals surface area (Å²) in [5.41, 5.74) is 6.43. The van der Waals surface area contributed by atoms with Crippen LogP contribution in [0.1, 0.15) is 25.0 Å². The molecule has 0 aliphatic carbocycles. The maximum absolute atomic E-state index is 12.3. The number of nitrogen functional groups attached to an aromatic ring is 1. The molecule has 18 heavy (non-hydrogen) atoms. The Morgan fingerprint density at radius 2 is 1.89 bits per heavy atom. The lowest BCUT2D eigenvalue weighted by atomic mass is 10.1. The highest BCUT2D eigenvalue weighted by molar-refractivity contribution is 7.89. The largest absolute Gasteiger partial charge is 0.398 e. The zero-order valence-corrected chi connectivity index (χ0v) is 11.9. The molecule has 0 heterocycles. The van der Waals surface area contributed by atoms with Crippen LogP contribution in [0.3, 0.4) is 0 Å². The number of aryl methyl sites for hydroxylation is 1. The van der Waals surface area contributed by atoms with Gasteiger partial charge in [0, 0.05) is 5.69 Å². The van der Waals surface area contributed by atoms with Gasteiger partial charge in [-0.15, -0.1) is 6.42 Å². The number of hydrogen-bond donors (Lipinski definition) is 2. The minimum absolute atomic E-state index is 0.200. The Morgan fingerprint density at radius 3 is 2.39 bits per heavy atom. The third-order valence-corrected chi connectivity index (χ3v) is 4.61. The van der Waals surface area contributed by atoms with Crippen molar-refractivity contribution >= 4 is 15.7 Å². The van der Waals surface area contributed by atoms with Gasteiger partial charge in [0.25, 0.3) is 0 Å². The van der Waals surface area contributed by atoms with Crippen molar-refractivity contribution in [2.75, 3.05) is 5.73 Å². The average Bonchev–Trinajstić information content (AvgIpc) is 2.22. The first-order chi connectivity index (χ1) is 8.10. The summed E-state index contributed by atoms with van der Waals surface area (Å²) in [6.07, 6.45) is 5.30. The van der Waals surface area contributed by atoms with E-state index >= 15 is 0 Å². The lowest BCUT2D eigenvalue weighted by molar-refractivity contribution is 0.538. The molecule has 1 aromatic carbocycles. The van der Waals surface area contributed by atoms with Gasteiger partial charge >= 0.3 is 0 Å². The predicted molar refractivity (Wildman–Crippen MR) is 73.6 cm³/mol. The van der Waals surface area contributed by atoms with Crippen molar-refractivity contribution in [3.63, 3.8) is 0 Å². The molecule has 98 valence electrons. The van der Waals surface area contributed by atoms with E-state index < -0.39 is 15.6 Å². The Bertz CT molecular complexity index is 611. The van der Waals surface area contributed by atoms with Gasteiger partial charge in [-0.05, 0) is 44.9 Å². The molecule has 0 bridgehead atoms. The van der Waals surface area contributed by atoms with Gasteiger partial charge in [0.1, 0.15) is 0 Å². The lowest BCUT2D eigenvalue weighted by Gasteiger charge is -2.21. The number of hydrogen-bond acceptors (Lipinski definition) is 3. The maximum Gasteiger partial charge on any atom is 0.242 e. The van der Waals surface area contributed by atoms with E-state index in [9.17, 15) is 8.42 Å². The van der Waals surface area contributed by atoms with Crippen molar-refractivity contribution < 1.29 is 8.42 Å². The van der Waals surface area contributed by atoms with Gasteiger partial charge in [0.2, 0.25) is 10.0 Å². The second-order valence-electron chi connectivity index (χ2n) is 4.80. The van der Waals surface area contributed by atoms with Crippen LogP contribution in [0, 0.1) is 26.2 Å². The van der Waals surface area contributed by atoms with Crippen molar-refractivity contribution in [2.24, 2.45) is 0 Å². The molecule has 1 rings (SSSR count). The SMILES string of the molecule is C#CC(C)(C)NS(=O)(=O)c1c(C)ccc(N)c1C. The zero-order chi connectivity index (χ0) is 14.1. The fraction of sp³-hybridized carbons (Fsp3) is 0.385. The second kappa shape index (κ2) is 4.63. The highest BCUT2D eigenvalue weighted by atomic mass is 32.2. The molecule has 5 heteroatoms. The van der Waals surface area contributed by atoms with Gasteiger partial charge in [-0.2, -0.15) is 4.72 Å². The topological polar surface area (TPSA) is 72.2 Å². The van der Waals surface area contributed by atoms with E-state index in [1.54, 1.807) is 39.8 Å². The number of nitrogens with two attached hydrogens (primary N) is 1. The summed E-state index contributed by atoms with van der Waals surface area (Å²) in [6.45, 7) is 6.66. The van der Waals surface area contributed by atoms with Crippen molar-refractivity contribution in [2.45, 2.75) is 38.1 Å². The maximum atomic E-state index is 12.3. The molecule has 0 radical (unpaired) electrons. The molecule has 0 fully saturated rings. The molecule has 0 aromatic heterocycles. The summed E-state index contributed by atoms with van der Waals surface area (Å²) < 4.78 is 27.2. The smallest absolute Gasteiger partial charge is 0.242 e. The van der Waals surface area contributed by atoms with Crippen molar-refractivity contribution in [3.8, 4) is 12.3 Å². The minimum Gasteiger partial charge on any atom is -0.398 e. The van der Waals surface area contributed by atoms with Crippen molar-refractivity contribution in [1.29, 1.82) is 0 Å². The number of terminal acetylenes is 1. The molecule has 0 atom stereocenters. The molecule has 0 saturated heterocycles. The van der Waals surface area contributed by atoms with Crippen LogP contribution in [0.25, 0.3) is 0 Å². The van der Waals surface area contributed by atoms with E-state index in [-0.39, 0.29) is 4.90 Å². The fourth-order valence-corrected chi connectivity index (χ4v) is 3.52. The summed E-state index contributed by atoms with van der Waals surface area (Å²) in [6, 6.07) is 3.37. The third kappa shape index (κ3) is 2.84. The summed E-state index contributed by atoms with van der Waals surface area (Å²) in [5.74, 6) is 2.40. The molecule has 3 N–H and O–H groups in total. The summed E-state index contributed by atoms with van der Waals surface area (Å²) in [5, 5.41) is 0. The van der Waals surface area contributed by atoms with Gasteiger partial charge in [0.05, 0.1) is 10.4 Å². The quantitative estimate of drug-likeness (QED) is 0.644. The molecule has 1 aromatic rings. The first-order valence-corrected chi connectivity index (χ1v) is 6.96. The molecular weight excluding hydrogens is 248 g/mol. The van der Waals surface area contributed by atoms with Crippen LogP contribution in [0.15, 0.2) is 17.0 Å². The van der Waals surface area contributed by atoms with Crippen LogP contribution >= 0.6 is 0 Å². The van der Waals surface area contributed by atoms with Gasteiger partial charge in [0.15, 0.2) is 0 Å². The van der Waals surface area contributed by atoms with Crippen LogP contribution in [-0.4, -0.2) is 14.0 Å². The normalized spacial score (nSPS) is 12.2. The number of rotatable bonds is 3. The average molecular weight is 266 g/mol. The van der Waals surface area contributed by atoms with E-state index in [0.717, 1.165) is 0 Å². The minimum atomic E-state index is -3.69. The number of nitrogens with one attached hydrogen (secondary N) is 1. The molecule has 0 aliphatic rings. The van der Waals surface area contributed by atoms with Crippen molar-refractivity contribution in [3.05, 3.63) is 23.3 Å². The third-order valence-electron chi connectivity index (χ3n) is 2.66. The zero-order valence-electron chi connectivity index (χ0n) is 11.0. The van der Waals surface area contributed by atoms with Crippen LogP contribution in [0.5, 0.6) is 0 Å². The molecule has 0 saturated carbocycles. The van der Waals surface area contributed by atoms with E-state index in [4.69, 9.17) is 12.2 Å². The molecule has 0 spiro atoms. The Balaban J connectivity index is 3.40.